The van der Waals surface area contributed by atoms with Crippen molar-refractivity contribution in [3.05, 3.63) is 58.7 Å². The third-order valence-electron chi connectivity index (χ3n) is 8.52. The van der Waals surface area contributed by atoms with Crippen LogP contribution in [0.3, 0.4) is 0 Å². The van der Waals surface area contributed by atoms with Crippen molar-refractivity contribution in [3.8, 4) is 6.07 Å². The van der Waals surface area contributed by atoms with E-state index in [-0.39, 0.29) is 28.6 Å². The fraction of sp³-hybridized carbons (Fsp3) is 0.600. The zero-order valence-electron chi connectivity index (χ0n) is 24.4. The van der Waals surface area contributed by atoms with Gasteiger partial charge in [-0.3, -0.25) is 4.79 Å². The molecule has 0 radical (unpaired) electrons. The zero-order chi connectivity index (χ0) is 29.1. The molecule has 10 heteroatoms. The lowest BCUT2D eigenvalue weighted by molar-refractivity contribution is 0.0542. The number of carbonyl (C=O) groups is 1. The van der Waals surface area contributed by atoms with Crippen molar-refractivity contribution in [1.82, 2.24) is 24.1 Å². The van der Waals surface area contributed by atoms with E-state index in [0.717, 1.165) is 50.8 Å². The normalized spacial score (nSPS) is 18.2. The van der Waals surface area contributed by atoms with Crippen LogP contribution in [0.25, 0.3) is 0 Å². The first kappa shape index (κ1) is 30.1. The first-order valence-corrected chi connectivity index (χ1v) is 16.0. The summed E-state index contributed by atoms with van der Waals surface area (Å²) in [5, 5.41) is 9.94. The largest absolute Gasteiger partial charge is 0.337 e. The molecule has 3 heterocycles. The van der Waals surface area contributed by atoms with E-state index in [1.165, 1.54) is 22.5 Å². The van der Waals surface area contributed by atoms with Crippen molar-refractivity contribution in [2.45, 2.75) is 76.8 Å². The van der Waals surface area contributed by atoms with E-state index >= 15 is 0 Å². The van der Waals surface area contributed by atoms with Crippen LogP contribution in [0.2, 0.25) is 0 Å². The Bertz CT molecular complexity index is 1330. The number of rotatable bonds is 7. The highest BCUT2D eigenvalue weighted by atomic mass is 32.2. The van der Waals surface area contributed by atoms with Crippen molar-refractivity contribution in [1.29, 1.82) is 5.26 Å². The Kier molecular flexibility index (Phi) is 9.28. The van der Waals surface area contributed by atoms with Gasteiger partial charge in [-0.15, -0.1) is 0 Å². The van der Waals surface area contributed by atoms with E-state index in [2.05, 4.69) is 66.0 Å². The molecule has 0 N–H and O–H groups in total. The minimum absolute atomic E-state index is 0.0483. The molecule has 0 unspecified atom stereocenters. The van der Waals surface area contributed by atoms with Crippen molar-refractivity contribution in [2.75, 3.05) is 39.5 Å². The summed E-state index contributed by atoms with van der Waals surface area (Å²) in [6.45, 7) is 9.50. The Balaban J connectivity index is 1.34. The molecular formula is C30H42N6O3S. The Hall–Kier alpha value is -2.87. The van der Waals surface area contributed by atoms with Crippen LogP contribution in [0.5, 0.6) is 0 Å². The van der Waals surface area contributed by atoms with Crippen LogP contribution >= 0.6 is 0 Å². The van der Waals surface area contributed by atoms with Gasteiger partial charge < -0.3 is 9.80 Å². The molecule has 9 nitrogen and oxygen atoms in total. The van der Waals surface area contributed by atoms with Gasteiger partial charge in [-0.05, 0) is 68.2 Å². The lowest BCUT2D eigenvalue weighted by Crippen LogP contribution is -2.52. The molecule has 1 aromatic heterocycles. The molecule has 216 valence electrons. The maximum atomic E-state index is 13.4. The molecule has 1 amide bonds. The number of aromatic nitrogens is 2. The fourth-order valence-electron chi connectivity index (χ4n) is 5.79. The number of nitriles is 1. The third kappa shape index (κ3) is 7.06. The second-order valence-electron chi connectivity index (χ2n) is 12.2. The molecule has 0 spiro atoms. The standard InChI is InChI=1S/C30H42N6O3S/c1-30(2,3)23-9-6-22(7-10-23)8-11-27-26(20-31)28(33-21-32-27)29(37)36-18-14-25(15-19-36)35-16-12-24(13-17-35)34(4)40(5,38)39/h6-7,9-10,21,24-25H,8,11-19H2,1-5H3. The molecule has 4 rings (SSSR count). The number of piperidine rings is 2. The van der Waals surface area contributed by atoms with E-state index < -0.39 is 10.0 Å². The molecule has 2 fully saturated rings. The van der Waals surface area contributed by atoms with E-state index in [1.807, 2.05) is 0 Å². The van der Waals surface area contributed by atoms with Gasteiger partial charge in [0.2, 0.25) is 10.0 Å². The van der Waals surface area contributed by atoms with E-state index in [1.54, 1.807) is 11.9 Å². The number of hydrogen-bond donors (Lipinski definition) is 0. The number of amides is 1. The van der Waals surface area contributed by atoms with Gasteiger partial charge in [0, 0.05) is 32.2 Å². The molecule has 2 aliphatic heterocycles. The van der Waals surface area contributed by atoms with Crippen LogP contribution in [0.1, 0.15) is 79.3 Å². The fourth-order valence-corrected chi connectivity index (χ4v) is 6.55. The minimum atomic E-state index is -3.18. The summed E-state index contributed by atoms with van der Waals surface area (Å²) in [7, 11) is -1.52. The number of benzene rings is 1. The predicted molar refractivity (Wildman–Crippen MR) is 155 cm³/mol. The molecule has 0 atom stereocenters. The minimum Gasteiger partial charge on any atom is -0.337 e. The molecule has 1 aromatic carbocycles. The molecule has 0 bridgehead atoms. The zero-order valence-corrected chi connectivity index (χ0v) is 25.2. The number of likely N-dealkylation sites (tertiary alicyclic amines) is 2. The van der Waals surface area contributed by atoms with Crippen LogP contribution in [0.15, 0.2) is 30.6 Å². The van der Waals surface area contributed by atoms with Gasteiger partial charge in [-0.2, -0.15) is 5.26 Å². The molecule has 2 aromatic rings. The number of nitrogens with zero attached hydrogens (tertiary/aromatic N) is 6. The first-order chi connectivity index (χ1) is 18.9. The number of aryl methyl sites for hydroxylation is 2. The lowest BCUT2D eigenvalue weighted by atomic mass is 9.86. The smallest absolute Gasteiger partial charge is 0.273 e. The van der Waals surface area contributed by atoms with Gasteiger partial charge >= 0.3 is 0 Å². The lowest BCUT2D eigenvalue weighted by Gasteiger charge is -2.43. The van der Waals surface area contributed by atoms with Crippen LogP contribution < -0.4 is 0 Å². The number of sulfonamides is 1. The Morgan fingerprint density at radius 2 is 1.65 bits per heavy atom. The molecule has 0 saturated carbocycles. The second kappa shape index (κ2) is 12.3. The van der Waals surface area contributed by atoms with E-state index in [9.17, 15) is 18.5 Å². The summed E-state index contributed by atoms with van der Waals surface area (Å²) >= 11 is 0. The average molecular weight is 567 g/mol. The van der Waals surface area contributed by atoms with Crippen LogP contribution in [0, 0.1) is 11.3 Å². The monoisotopic (exact) mass is 566 g/mol. The highest BCUT2D eigenvalue weighted by Gasteiger charge is 2.33. The Labute approximate surface area is 239 Å². The van der Waals surface area contributed by atoms with Gasteiger partial charge in [-0.1, -0.05) is 45.0 Å². The average Bonchev–Trinajstić information content (AvgIpc) is 2.94. The van der Waals surface area contributed by atoms with Gasteiger partial charge in [0.05, 0.1) is 11.9 Å². The summed E-state index contributed by atoms with van der Waals surface area (Å²) in [5.41, 5.74) is 3.61. The summed E-state index contributed by atoms with van der Waals surface area (Å²) in [6.07, 6.45) is 7.29. The van der Waals surface area contributed by atoms with Gasteiger partial charge in [0.15, 0.2) is 0 Å². The maximum Gasteiger partial charge on any atom is 0.273 e. The molecule has 2 saturated heterocycles. The Morgan fingerprint density at radius 3 is 2.20 bits per heavy atom. The predicted octanol–water partition coefficient (Wildman–Crippen LogP) is 3.39. The van der Waals surface area contributed by atoms with Crippen molar-refractivity contribution >= 4 is 15.9 Å². The van der Waals surface area contributed by atoms with Crippen LogP contribution in [0.4, 0.5) is 0 Å². The second-order valence-corrected chi connectivity index (χ2v) is 14.2. The SMILES string of the molecule is CN(C1CCN(C2CCN(C(=O)c3ncnc(CCc4ccc(C(C)(C)C)cc4)c3C#N)CC2)CC1)S(C)(=O)=O. The summed E-state index contributed by atoms with van der Waals surface area (Å²) in [6, 6.07) is 11.2. The summed E-state index contributed by atoms with van der Waals surface area (Å²) < 4.78 is 25.3. The van der Waals surface area contributed by atoms with Gasteiger partial charge in [0.25, 0.3) is 5.91 Å². The molecular weight excluding hydrogens is 524 g/mol. The van der Waals surface area contributed by atoms with E-state index in [0.29, 0.717) is 31.2 Å². The number of hydrogen-bond acceptors (Lipinski definition) is 7. The van der Waals surface area contributed by atoms with Crippen molar-refractivity contribution in [3.63, 3.8) is 0 Å². The highest BCUT2D eigenvalue weighted by Crippen LogP contribution is 2.26. The van der Waals surface area contributed by atoms with Crippen molar-refractivity contribution in [2.24, 2.45) is 0 Å². The van der Waals surface area contributed by atoms with Crippen LogP contribution in [-0.4, -0.2) is 90.0 Å². The maximum absolute atomic E-state index is 13.4. The summed E-state index contributed by atoms with van der Waals surface area (Å²) in [4.78, 5) is 26.3. The molecule has 40 heavy (non-hydrogen) atoms. The highest BCUT2D eigenvalue weighted by molar-refractivity contribution is 7.88. The van der Waals surface area contributed by atoms with Gasteiger partial charge in [-0.25, -0.2) is 22.7 Å². The number of carbonyl (C=O) groups excluding carboxylic acids is 1. The van der Waals surface area contributed by atoms with Crippen molar-refractivity contribution < 1.29 is 13.2 Å². The quantitative estimate of drug-likeness (QED) is 0.505. The Morgan fingerprint density at radius 1 is 1.02 bits per heavy atom. The molecule has 0 aliphatic carbocycles. The molecule has 2 aliphatic rings. The summed E-state index contributed by atoms with van der Waals surface area (Å²) in [5.74, 6) is -0.207. The third-order valence-corrected chi connectivity index (χ3v) is 9.86. The topological polar surface area (TPSA) is 110 Å². The van der Waals surface area contributed by atoms with Crippen LogP contribution in [-0.2, 0) is 28.3 Å². The first-order valence-electron chi connectivity index (χ1n) is 14.2. The van der Waals surface area contributed by atoms with E-state index in [4.69, 9.17) is 0 Å². The van der Waals surface area contributed by atoms with Gasteiger partial charge in [0.1, 0.15) is 23.7 Å².